The number of fused-ring (bicyclic) bond motifs is 4. The molecule has 0 atom stereocenters. The van der Waals surface area contributed by atoms with Crippen molar-refractivity contribution in [2.24, 2.45) is 0 Å². The average molecular weight is 504 g/mol. The Morgan fingerprint density at radius 2 is 1.46 bits per heavy atom. The van der Waals surface area contributed by atoms with Crippen LogP contribution in [-0.4, -0.2) is 24.3 Å². The maximum absolute atomic E-state index is 6.14. The van der Waals surface area contributed by atoms with Gasteiger partial charge in [0.05, 0.1) is 28.1 Å². The number of benzene rings is 4. The number of pyridine rings is 1. The van der Waals surface area contributed by atoms with Crippen molar-refractivity contribution < 1.29 is 4.42 Å². The molecule has 0 amide bonds. The molecule has 8 rings (SSSR count). The standard InChI is InChI=1S/C33H21N5O/c1-3-11-28-24(8-1)25-15-13-23(33-36-27-10-2-4-12-32(27)39-33)21-30(25)38(28)31-20-22(26-9-5-6-17-34-26)14-16-29(31)37-19-7-18-35-37/h1-21H. The molecule has 0 saturated carbocycles. The first kappa shape index (κ1) is 21.6. The highest BCUT2D eigenvalue weighted by Crippen LogP contribution is 2.37. The Morgan fingerprint density at radius 1 is 0.615 bits per heavy atom. The Balaban J connectivity index is 1.44. The van der Waals surface area contributed by atoms with Gasteiger partial charge in [-0.05, 0) is 60.7 Å². The highest BCUT2D eigenvalue weighted by molar-refractivity contribution is 6.10. The summed E-state index contributed by atoms with van der Waals surface area (Å²) in [6, 6.07) is 37.1. The van der Waals surface area contributed by atoms with Crippen LogP contribution in [0.2, 0.25) is 0 Å². The van der Waals surface area contributed by atoms with Gasteiger partial charge >= 0.3 is 0 Å². The van der Waals surface area contributed by atoms with E-state index in [2.05, 4.69) is 75.3 Å². The second-order valence-corrected chi connectivity index (χ2v) is 9.44. The minimum atomic E-state index is 0.601. The van der Waals surface area contributed by atoms with E-state index in [-0.39, 0.29) is 0 Å². The fourth-order valence-electron chi connectivity index (χ4n) is 5.36. The zero-order chi connectivity index (χ0) is 25.8. The van der Waals surface area contributed by atoms with E-state index in [9.17, 15) is 0 Å². The Bertz CT molecular complexity index is 2090. The summed E-state index contributed by atoms with van der Waals surface area (Å²) in [6.45, 7) is 0. The largest absolute Gasteiger partial charge is 0.436 e. The van der Waals surface area contributed by atoms with E-state index in [0.717, 1.165) is 55.7 Å². The number of hydrogen-bond donors (Lipinski definition) is 0. The highest BCUT2D eigenvalue weighted by atomic mass is 16.3. The van der Waals surface area contributed by atoms with Crippen molar-refractivity contribution in [2.45, 2.75) is 0 Å². The van der Waals surface area contributed by atoms with Crippen molar-refractivity contribution in [1.29, 1.82) is 0 Å². The molecule has 6 heteroatoms. The molecule has 0 spiro atoms. The lowest BCUT2D eigenvalue weighted by molar-refractivity contribution is 0.620. The summed E-state index contributed by atoms with van der Waals surface area (Å²) in [5, 5.41) is 6.90. The van der Waals surface area contributed by atoms with Crippen LogP contribution in [0.15, 0.2) is 132 Å². The number of nitrogens with zero attached hydrogens (tertiary/aromatic N) is 5. The molecule has 0 saturated heterocycles. The first-order chi connectivity index (χ1) is 19.3. The van der Waals surface area contributed by atoms with Gasteiger partial charge in [0, 0.05) is 40.5 Å². The van der Waals surface area contributed by atoms with Crippen molar-refractivity contribution in [3.63, 3.8) is 0 Å². The molecule has 184 valence electrons. The minimum absolute atomic E-state index is 0.601. The zero-order valence-electron chi connectivity index (χ0n) is 20.8. The van der Waals surface area contributed by atoms with Crippen LogP contribution in [0, 0.1) is 0 Å². The Morgan fingerprint density at radius 3 is 2.33 bits per heavy atom. The van der Waals surface area contributed by atoms with Gasteiger partial charge in [-0.15, -0.1) is 0 Å². The molecule has 0 N–H and O–H groups in total. The second kappa shape index (κ2) is 8.53. The van der Waals surface area contributed by atoms with E-state index in [1.807, 2.05) is 65.6 Å². The van der Waals surface area contributed by atoms with Crippen LogP contribution in [0.25, 0.3) is 67.0 Å². The molecule has 0 aliphatic rings. The van der Waals surface area contributed by atoms with E-state index in [4.69, 9.17) is 9.40 Å². The minimum Gasteiger partial charge on any atom is -0.436 e. The highest BCUT2D eigenvalue weighted by Gasteiger charge is 2.19. The predicted octanol–water partition coefficient (Wildman–Crippen LogP) is 7.84. The third kappa shape index (κ3) is 3.46. The summed E-state index contributed by atoms with van der Waals surface area (Å²) in [4.78, 5) is 9.37. The fraction of sp³-hybridized carbons (Fsp3) is 0. The Labute approximate surface area is 223 Å². The van der Waals surface area contributed by atoms with Crippen LogP contribution in [0.1, 0.15) is 0 Å². The summed E-state index contributed by atoms with van der Waals surface area (Å²) in [7, 11) is 0. The number of rotatable bonds is 4. The molecule has 0 unspecified atom stereocenters. The Hall–Kier alpha value is -5.49. The average Bonchev–Trinajstić information content (AvgIpc) is 3.75. The summed E-state index contributed by atoms with van der Waals surface area (Å²) in [5.41, 5.74) is 8.62. The number of oxazole rings is 1. The summed E-state index contributed by atoms with van der Waals surface area (Å²) in [6.07, 6.45) is 5.59. The fourth-order valence-corrected chi connectivity index (χ4v) is 5.36. The normalized spacial score (nSPS) is 11.6. The lowest BCUT2D eigenvalue weighted by Crippen LogP contribution is -2.04. The van der Waals surface area contributed by atoms with Gasteiger partial charge < -0.3 is 8.98 Å². The molecule has 6 nitrogen and oxygen atoms in total. The molecular weight excluding hydrogens is 482 g/mol. The number of para-hydroxylation sites is 3. The molecule has 0 aliphatic carbocycles. The van der Waals surface area contributed by atoms with Gasteiger partial charge in [-0.2, -0.15) is 5.10 Å². The van der Waals surface area contributed by atoms with E-state index in [1.54, 1.807) is 6.20 Å². The smallest absolute Gasteiger partial charge is 0.227 e. The van der Waals surface area contributed by atoms with Crippen LogP contribution in [0.5, 0.6) is 0 Å². The lowest BCUT2D eigenvalue weighted by Gasteiger charge is -2.16. The van der Waals surface area contributed by atoms with Gasteiger partial charge in [0.15, 0.2) is 5.58 Å². The predicted molar refractivity (Wildman–Crippen MR) is 154 cm³/mol. The summed E-state index contributed by atoms with van der Waals surface area (Å²) in [5.74, 6) is 0.601. The van der Waals surface area contributed by atoms with Crippen LogP contribution < -0.4 is 0 Å². The quantitative estimate of drug-likeness (QED) is 0.245. The van der Waals surface area contributed by atoms with Crippen LogP contribution >= 0.6 is 0 Å². The lowest BCUT2D eigenvalue weighted by atomic mass is 10.1. The molecule has 0 bridgehead atoms. The molecular formula is C33H21N5O. The van der Waals surface area contributed by atoms with Gasteiger partial charge in [0.25, 0.3) is 0 Å². The zero-order valence-corrected chi connectivity index (χ0v) is 20.8. The molecule has 39 heavy (non-hydrogen) atoms. The van der Waals surface area contributed by atoms with Crippen molar-refractivity contribution in [1.82, 2.24) is 24.3 Å². The van der Waals surface area contributed by atoms with Gasteiger partial charge in [0.2, 0.25) is 5.89 Å². The SMILES string of the molecule is c1ccc(-c2ccc(-n3cccn3)c(-n3c4ccccc4c4ccc(-c5nc6ccccc6o5)cc43)c2)nc1. The molecule has 4 heterocycles. The second-order valence-electron chi connectivity index (χ2n) is 9.44. The van der Waals surface area contributed by atoms with Gasteiger partial charge in [-0.1, -0.05) is 48.5 Å². The van der Waals surface area contributed by atoms with Crippen LogP contribution in [0.3, 0.4) is 0 Å². The third-order valence-electron chi connectivity index (χ3n) is 7.14. The molecule has 0 radical (unpaired) electrons. The van der Waals surface area contributed by atoms with Gasteiger partial charge in [-0.3, -0.25) is 4.98 Å². The van der Waals surface area contributed by atoms with Crippen molar-refractivity contribution in [3.05, 3.63) is 128 Å². The Kier molecular flexibility index (Phi) is 4.72. The number of aromatic nitrogens is 5. The maximum Gasteiger partial charge on any atom is 0.227 e. The monoisotopic (exact) mass is 503 g/mol. The summed E-state index contributed by atoms with van der Waals surface area (Å²) < 4.78 is 10.4. The molecule has 4 aromatic carbocycles. The van der Waals surface area contributed by atoms with Crippen LogP contribution in [-0.2, 0) is 0 Å². The first-order valence-electron chi connectivity index (χ1n) is 12.8. The third-order valence-corrected chi connectivity index (χ3v) is 7.14. The van der Waals surface area contributed by atoms with Gasteiger partial charge in [0.1, 0.15) is 5.52 Å². The van der Waals surface area contributed by atoms with E-state index in [1.165, 1.54) is 5.39 Å². The maximum atomic E-state index is 6.14. The van der Waals surface area contributed by atoms with Crippen molar-refractivity contribution in [3.8, 4) is 34.1 Å². The topological polar surface area (TPSA) is 61.7 Å². The van der Waals surface area contributed by atoms with E-state index in [0.29, 0.717) is 5.89 Å². The molecule has 8 aromatic rings. The molecule has 0 fully saturated rings. The molecule has 4 aromatic heterocycles. The van der Waals surface area contributed by atoms with E-state index < -0.39 is 0 Å². The first-order valence-corrected chi connectivity index (χ1v) is 12.8. The van der Waals surface area contributed by atoms with E-state index >= 15 is 0 Å². The number of hydrogen-bond acceptors (Lipinski definition) is 4. The summed E-state index contributed by atoms with van der Waals surface area (Å²) >= 11 is 0. The van der Waals surface area contributed by atoms with Crippen molar-refractivity contribution >= 4 is 32.9 Å². The van der Waals surface area contributed by atoms with Crippen LogP contribution in [0.4, 0.5) is 0 Å². The van der Waals surface area contributed by atoms with Gasteiger partial charge in [-0.25, -0.2) is 9.67 Å². The van der Waals surface area contributed by atoms with Crippen molar-refractivity contribution in [2.75, 3.05) is 0 Å². The molecule has 0 aliphatic heterocycles.